The van der Waals surface area contributed by atoms with E-state index in [1.54, 1.807) is 0 Å². The third kappa shape index (κ3) is 3.57. The number of rotatable bonds is 3. The first kappa shape index (κ1) is 13.1. The lowest BCUT2D eigenvalue weighted by Gasteiger charge is -2.31. The predicted octanol–water partition coefficient (Wildman–Crippen LogP) is 2.67. The molecule has 0 atom stereocenters. The minimum absolute atomic E-state index is 0.0473. The van der Waals surface area contributed by atoms with Crippen LogP contribution in [0.25, 0.3) is 0 Å². The molecule has 1 aromatic carbocycles. The molecule has 0 heterocycles. The van der Waals surface area contributed by atoms with Gasteiger partial charge in [0.15, 0.2) is 0 Å². The fraction of sp³-hybridized carbons (Fsp3) is 0.533. The Bertz CT molecular complexity index is 387. The first-order chi connectivity index (χ1) is 8.57. The van der Waals surface area contributed by atoms with E-state index in [1.165, 1.54) is 0 Å². The molecule has 1 aliphatic rings. The summed E-state index contributed by atoms with van der Waals surface area (Å²) in [6.45, 7) is 2.17. The van der Waals surface area contributed by atoms with Crippen molar-refractivity contribution in [2.45, 2.75) is 44.8 Å². The molecule has 3 heteroatoms. The lowest BCUT2D eigenvalue weighted by molar-refractivity contribution is -0.152. The van der Waals surface area contributed by atoms with Crippen LogP contribution in [0.2, 0.25) is 0 Å². The van der Waals surface area contributed by atoms with Crippen LogP contribution in [-0.4, -0.2) is 16.7 Å². The molecule has 0 spiro atoms. The molecular formula is C15H20O3. The highest BCUT2D eigenvalue weighted by Gasteiger charge is 2.32. The molecule has 0 aliphatic heterocycles. The number of hydrogen-bond acceptors (Lipinski definition) is 3. The summed E-state index contributed by atoms with van der Waals surface area (Å²) < 4.78 is 5.32. The number of hydrogen-bond donors (Lipinski definition) is 1. The van der Waals surface area contributed by atoms with Gasteiger partial charge in [0, 0.05) is 0 Å². The lowest BCUT2D eigenvalue weighted by Crippen LogP contribution is -2.33. The van der Waals surface area contributed by atoms with E-state index in [0.29, 0.717) is 19.4 Å². The Kier molecular flexibility index (Phi) is 4.02. The Morgan fingerprint density at radius 1 is 1.33 bits per heavy atom. The van der Waals surface area contributed by atoms with Gasteiger partial charge < -0.3 is 9.84 Å². The summed E-state index contributed by atoms with van der Waals surface area (Å²) in [4.78, 5) is 11.9. The van der Waals surface area contributed by atoms with Crippen molar-refractivity contribution in [3.05, 3.63) is 35.9 Å². The number of aliphatic hydroxyl groups is 1. The van der Waals surface area contributed by atoms with Crippen LogP contribution in [0.3, 0.4) is 0 Å². The van der Waals surface area contributed by atoms with Crippen LogP contribution in [-0.2, 0) is 16.1 Å². The second-order valence-electron chi connectivity index (χ2n) is 5.36. The van der Waals surface area contributed by atoms with E-state index >= 15 is 0 Å². The summed E-state index contributed by atoms with van der Waals surface area (Å²) in [6.07, 6.45) is 2.80. The molecule has 0 unspecified atom stereocenters. The third-order valence-electron chi connectivity index (χ3n) is 3.62. The molecule has 1 aliphatic carbocycles. The van der Waals surface area contributed by atoms with Gasteiger partial charge in [-0.25, -0.2) is 0 Å². The van der Waals surface area contributed by atoms with Gasteiger partial charge in [0.2, 0.25) is 0 Å². The average Bonchev–Trinajstić information content (AvgIpc) is 2.37. The van der Waals surface area contributed by atoms with Gasteiger partial charge in [-0.05, 0) is 38.2 Å². The second-order valence-corrected chi connectivity index (χ2v) is 5.36. The van der Waals surface area contributed by atoms with Gasteiger partial charge in [0.05, 0.1) is 11.5 Å². The summed E-state index contributed by atoms with van der Waals surface area (Å²) in [6, 6.07) is 9.69. The van der Waals surface area contributed by atoms with Crippen molar-refractivity contribution in [2.24, 2.45) is 5.92 Å². The molecule has 0 bridgehead atoms. The van der Waals surface area contributed by atoms with E-state index in [2.05, 4.69) is 0 Å². The van der Waals surface area contributed by atoms with Crippen LogP contribution in [0.15, 0.2) is 30.3 Å². The zero-order valence-electron chi connectivity index (χ0n) is 10.8. The average molecular weight is 248 g/mol. The summed E-state index contributed by atoms with van der Waals surface area (Å²) in [5, 5.41) is 9.83. The van der Waals surface area contributed by atoms with Crippen molar-refractivity contribution in [3.63, 3.8) is 0 Å². The molecule has 1 aromatic rings. The first-order valence-electron chi connectivity index (χ1n) is 6.50. The smallest absolute Gasteiger partial charge is 0.309 e. The van der Waals surface area contributed by atoms with Crippen LogP contribution in [0, 0.1) is 5.92 Å². The van der Waals surface area contributed by atoms with Gasteiger partial charge >= 0.3 is 5.97 Å². The van der Waals surface area contributed by atoms with Crippen molar-refractivity contribution < 1.29 is 14.6 Å². The third-order valence-corrected chi connectivity index (χ3v) is 3.62. The van der Waals surface area contributed by atoms with E-state index < -0.39 is 5.60 Å². The molecule has 1 saturated carbocycles. The molecule has 0 saturated heterocycles. The van der Waals surface area contributed by atoms with Crippen molar-refractivity contribution in [3.8, 4) is 0 Å². The summed E-state index contributed by atoms with van der Waals surface area (Å²) in [5.74, 6) is -0.178. The number of carbonyl (C=O) groups is 1. The molecule has 18 heavy (non-hydrogen) atoms. The second kappa shape index (κ2) is 5.53. The van der Waals surface area contributed by atoms with E-state index in [4.69, 9.17) is 4.74 Å². The van der Waals surface area contributed by atoms with Crippen LogP contribution in [0.4, 0.5) is 0 Å². The van der Waals surface area contributed by atoms with Crippen LogP contribution >= 0.6 is 0 Å². The summed E-state index contributed by atoms with van der Waals surface area (Å²) in [7, 11) is 0. The Balaban J connectivity index is 1.79. The van der Waals surface area contributed by atoms with Crippen molar-refractivity contribution in [1.29, 1.82) is 0 Å². The van der Waals surface area contributed by atoms with Crippen molar-refractivity contribution in [1.82, 2.24) is 0 Å². The highest BCUT2D eigenvalue weighted by Crippen LogP contribution is 2.32. The van der Waals surface area contributed by atoms with Crippen LogP contribution in [0.5, 0.6) is 0 Å². The monoisotopic (exact) mass is 248 g/mol. The Morgan fingerprint density at radius 3 is 2.56 bits per heavy atom. The zero-order valence-corrected chi connectivity index (χ0v) is 10.8. The molecule has 98 valence electrons. The highest BCUT2D eigenvalue weighted by molar-refractivity contribution is 5.72. The lowest BCUT2D eigenvalue weighted by atomic mass is 9.80. The summed E-state index contributed by atoms with van der Waals surface area (Å²) >= 11 is 0. The Labute approximate surface area is 108 Å². The molecule has 1 fully saturated rings. The van der Waals surface area contributed by atoms with Gasteiger partial charge in [0.1, 0.15) is 6.61 Å². The maximum absolute atomic E-state index is 11.9. The Morgan fingerprint density at radius 2 is 1.94 bits per heavy atom. The number of carbonyl (C=O) groups excluding carboxylic acids is 1. The molecular weight excluding hydrogens is 228 g/mol. The quantitative estimate of drug-likeness (QED) is 0.836. The van der Waals surface area contributed by atoms with Crippen molar-refractivity contribution >= 4 is 5.97 Å². The van der Waals surface area contributed by atoms with Gasteiger partial charge in [-0.2, -0.15) is 0 Å². The maximum Gasteiger partial charge on any atom is 0.309 e. The molecule has 2 rings (SSSR count). The van der Waals surface area contributed by atoms with Crippen LogP contribution < -0.4 is 0 Å². The number of ether oxygens (including phenoxy) is 1. The largest absolute Gasteiger partial charge is 0.461 e. The van der Waals surface area contributed by atoms with Gasteiger partial charge in [0.25, 0.3) is 0 Å². The van der Waals surface area contributed by atoms with Crippen LogP contribution in [0.1, 0.15) is 38.2 Å². The fourth-order valence-electron chi connectivity index (χ4n) is 2.32. The zero-order chi connectivity index (χ0) is 13.0. The first-order valence-corrected chi connectivity index (χ1v) is 6.50. The minimum Gasteiger partial charge on any atom is -0.461 e. The van der Waals surface area contributed by atoms with E-state index in [0.717, 1.165) is 18.4 Å². The molecule has 0 radical (unpaired) electrons. The van der Waals surface area contributed by atoms with Crippen molar-refractivity contribution in [2.75, 3.05) is 0 Å². The topological polar surface area (TPSA) is 46.5 Å². The molecule has 0 amide bonds. The number of esters is 1. The highest BCUT2D eigenvalue weighted by atomic mass is 16.5. The molecule has 1 N–H and O–H groups in total. The standard InChI is InChI=1S/C15H20O3/c1-15(17)9-7-13(8-10-15)14(16)18-11-12-5-3-2-4-6-12/h2-6,13,17H,7-11H2,1H3. The molecule has 3 nitrogen and oxygen atoms in total. The Hall–Kier alpha value is -1.35. The van der Waals surface area contributed by atoms with Gasteiger partial charge in [-0.1, -0.05) is 30.3 Å². The predicted molar refractivity (Wildman–Crippen MR) is 68.8 cm³/mol. The maximum atomic E-state index is 11.9. The number of benzene rings is 1. The van der Waals surface area contributed by atoms with E-state index in [-0.39, 0.29) is 11.9 Å². The SMILES string of the molecule is CC1(O)CCC(C(=O)OCc2ccccc2)CC1. The minimum atomic E-state index is -0.601. The fourth-order valence-corrected chi connectivity index (χ4v) is 2.32. The van der Waals surface area contributed by atoms with Gasteiger partial charge in [-0.15, -0.1) is 0 Å². The van der Waals surface area contributed by atoms with E-state index in [1.807, 2.05) is 37.3 Å². The van der Waals surface area contributed by atoms with E-state index in [9.17, 15) is 9.90 Å². The normalized spacial score (nSPS) is 27.8. The van der Waals surface area contributed by atoms with Gasteiger partial charge in [-0.3, -0.25) is 4.79 Å². The summed E-state index contributed by atoms with van der Waals surface area (Å²) in [5.41, 5.74) is 0.407. The molecule has 0 aromatic heterocycles.